The maximum atomic E-state index is 12.1. The van der Waals surface area contributed by atoms with Gasteiger partial charge in [0.25, 0.3) is 0 Å². The topological polar surface area (TPSA) is 101 Å². The first-order valence-corrected chi connectivity index (χ1v) is 11.1. The van der Waals surface area contributed by atoms with Crippen molar-refractivity contribution in [1.29, 1.82) is 0 Å². The Hall–Kier alpha value is -3.13. The highest BCUT2D eigenvalue weighted by atomic mass is 35.5. The van der Waals surface area contributed by atoms with Crippen molar-refractivity contribution >= 4 is 51.7 Å². The van der Waals surface area contributed by atoms with Gasteiger partial charge in [-0.25, -0.2) is 4.98 Å². The van der Waals surface area contributed by atoms with E-state index in [9.17, 15) is 9.90 Å². The quantitative estimate of drug-likeness (QED) is 0.332. The Bertz CT molecular complexity index is 1300. The second-order valence-electron chi connectivity index (χ2n) is 7.88. The van der Waals surface area contributed by atoms with Gasteiger partial charge in [0.05, 0.1) is 17.2 Å². The summed E-state index contributed by atoms with van der Waals surface area (Å²) in [5.41, 5.74) is 6.95. The molecule has 0 saturated heterocycles. The number of anilines is 1. The molecule has 0 unspecified atom stereocenters. The van der Waals surface area contributed by atoms with Crippen molar-refractivity contribution < 1.29 is 14.3 Å². The van der Waals surface area contributed by atoms with E-state index >= 15 is 0 Å². The highest BCUT2D eigenvalue weighted by molar-refractivity contribution is 7.15. The first-order chi connectivity index (χ1) is 15.2. The van der Waals surface area contributed by atoms with E-state index in [-0.39, 0.29) is 12.5 Å². The summed E-state index contributed by atoms with van der Waals surface area (Å²) in [5.74, 6) is 0.764. The van der Waals surface area contributed by atoms with Crippen LogP contribution in [0.2, 0.25) is 5.02 Å². The number of furan rings is 1. The van der Waals surface area contributed by atoms with E-state index < -0.39 is 5.60 Å². The number of aromatic nitrogens is 1. The Kier molecular flexibility index (Phi) is 6.06. The number of aliphatic hydroxyl groups is 1. The zero-order valence-corrected chi connectivity index (χ0v) is 19.1. The van der Waals surface area contributed by atoms with Gasteiger partial charge in [0.1, 0.15) is 11.6 Å². The summed E-state index contributed by atoms with van der Waals surface area (Å²) in [7, 11) is 0. The lowest BCUT2D eigenvalue weighted by atomic mass is 10.1. The lowest BCUT2D eigenvalue weighted by Gasteiger charge is -2.14. The first-order valence-electron chi connectivity index (χ1n) is 9.91. The molecule has 0 atom stereocenters. The van der Waals surface area contributed by atoms with E-state index in [1.807, 2.05) is 30.3 Å². The van der Waals surface area contributed by atoms with Gasteiger partial charge < -0.3 is 20.6 Å². The zero-order valence-electron chi connectivity index (χ0n) is 17.6. The molecule has 3 heterocycles. The molecule has 8 heteroatoms. The number of nitrogens with one attached hydrogen (secondary N) is 1. The molecule has 0 fully saturated rings. The zero-order chi connectivity index (χ0) is 22.9. The van der Waals surface area contributed by atoms with E-state index in [2.05, 4.69) is 10.3 Å². The van der Waals surface area contributed by atoms with Gasteiger partial charge in [-0.1, -0.05) is 11.6 Å². The molecule has 0 bridgehead atoms. The van der Waals surface area contributed by atoms with Crippen molar-refractivity contribution in [2.75, 3.05) is 5.73 Å². The number of benzene rings is 1. The largest absolute Gasteiger partial charge is 0.458 e. The molecule has 164 valence electrons. The van der Waals surface area contributed by atoms with Gasteiger partial charge >= 0.3 is 0 Å². The van der Waals surface area contributed by atoms with Crippen molar-refractivity contribution in [2.45, 2.75) is 26.0 Å². The maximum Gasteiger partial charge on any atom is 0.244 e. The SMILES string of the molecule is CC(C)(O)c1ccc(-c2cc(Cl)c3oc(CNC(=O)C=Cc4ccc(N)nc4)cc3c2)s1. The lowest BCUT2D eigenvalue weighted by molar-refractivity contribution is -0.116. The van der Waals surface area contributed by atoms with Crippen LogP contribution in [0.1, 0.15) is 30.0 Å². The average Bonchev–Trinajstić information content (AvgIpc) is 3.39. The Morgan fingerprint density at radius 3 is 2.78 bits per heavy atom. The van der Waals surface area contributed by atoms with Crippen LogP contribution < -0.4 is 11.1 Å². The minimum absolute atomic E-state index is 0.228. The lowest BCUT2D eigenvalue weighted by Crippen LogP contribution is -2.19. The van der Waals surface area contributed by atoms with Gasteiger partial charge in [-0.3, -0.25) is 4.79 Å². The molecule has 4 N–H and O–H groups in total. The van der Waals surface area contributed by atoms with Crippen LogP contribution in [0.5, 0.6) is 0 Å². The molecular formula is C24H22ClN3O3S. The third-order valence-corrected chi connectivity index (χ3v) is 6.52. The molecule has 32 heavy (non-hydrogen) atoms. The minimum atomic E-state index is -0.892. The normalized spacial score (nSPS) is 12.0. The summed E-state index contributed by atoms with van der Waals surface area (Å²) in [6, 6.07) is 13.0. The fourth-order valence-corrected chi connectivity index (χ4v) is 4.40. The predicted octanol–water partition coefficient (Wildman–Crippen LogP) is 5.35. The smallest absolute Gasteiger partial charge is 0.244 e. The van der Waals surface area contributed by atoms with Gasteiger partial charge in [0.2, 0.25) is 5.91 Å². The monoisotopic (exact) mass is 467 g/mol. The molecule has 0 aliphatic heterocycles. The fraction of sp³-hybridized carbons (Fsp3) is 0.167. The van der Waals surface area contributed by atoms with Crippen LogP contribution in [-0.2, 0) is 16.9 Å². The summed E-state index contributed by atoms with van der Waals surface area (Å²) >= 11 is 7.98. The summed E-state index contributed by atoms with van der Waals surface area (Å²) in [5, 5.41) is 14.3. The van der Waals surface area contributed by atoms with E-state index in [4.69, 9.17) is 21.8 Å². The predicted molar refractivity (Wildman–Crippen MR) is 129 cm³/mol. The molecular weight excluding hydrogens is 446 g/mol. The first kappa shape index (κ1) is 22.1. The van der Waals surface area contributed by atoms with Crippen LogP contribution in [0, 0.1) is 0 Å². The number of fused-ring (bicyclic) bond motifs is 1. The molecule has 1 amide bonds. The number of hydrogen-bond donors (Lipinski definition) is 3. The third kappa shape index (κ3) is 5.02. The molecule has 0 aliphatic carbocycles. The van der Waals surface area contributed by atoms with Crippen LogP contribution in [-0.4, -0.2) is 16.0 Å². The van der Waals surface area contributed by atoms with E-state index in [0.717, 1.165) is 26.3 Å². The number of hydrogen-bond acceptors (Lipinski definition) is 6. The van der Waals surface area contributed by atoms with Crippen molar-refractivity contribution in [1.82, 2.24) is 10.3 Å². The summed E-state index contributed by atoms with van der Waals surface area (Å²) in [6.45, 7) is 3.75. The summed E-state index contributed by atoms with van der Waals surface area (Å²) in [6.07, 6.45) is 4.68. The van der Waals surface area contributed by atoms with Crippen LogP contribution in [0.25, 0.3) is 27.5 Å². The highest BCUT2D eigenvalue weighted by Gasteiger charge is 2.19. The van der Waals surface area contributed by atoms with E-state index in [1.165, 1.54) is 17.4 Å². The molecule has 0 spiro atoms. The molecule has 4 rings (SSSR count). The van der Waals surface area contributed by atoms with Crippen LogP contribution in [0.4, 0.5) is 5.82 Å². The van der Waals surface area contributed by atoms with Gasteiger partial charge in [0, 0.05) is 27.4 Å². The number of halogens is 1. The fourth-order valence-electron chi connectivity index (χ4n) is 3.14. The molecule has 0 aliphatic rings. The second kappa shape index (κ2) is 8.78. The van der Waals surface area contributed by atoms with Gasteiger partial charge in [-0.15, -0.1) is 11.3 Å². The van der Waals surface area contributed by atoms with Crippen LogP contribution >= 0.6 is 22.9 Å². The van der Waals surface area contributed by atoms with Crippen molar-refractivity contribution in [2.24, 2.45) is 0 Å². The Balaban J connectivity index is 1.47. The number of thiophene rings is 1. The second-order valence-corrected chi connectivity index (χ2v) is 9.37. The van der Waals surface area contributed by atoms with Gasteiger partial charge in [-0.2, -0.15) is 0 Å². The number of nitrogen functional groups attached to an aromatic ring is 1. The third-order valence-electron chi connectivity index (χ3n) is 4.79. The Morgan fingerprint density at radius 1 is 1.28 bits per heavy atom. The number of amides is 1. The Morgan fingerprint density at radius 2 is 2.09 bits per heavy atom. The molecule has 6 nitrogen and oxygen atoms in total. The number of nitrogens with zero attached hydrogens (tertiary/aromatic N) is 1. The molecule has 0 saturated carbocycles. The number of nitrogens with two attached hydrogens (primary N) is 1. The minimum Gasteiger partial charge on any atom is -0.458 e. The Labute approximate surface area is 194 Å². The molecule has 4 aromatic rings. The highest BCUT2D eigenvalue weighted by Crippen LogP contribution is 2.38. The number of rotatable bonds is 6. The number of pyridine rings is 1. The van der Waals surface area contributed by atoms with Crippen molar-refractivity contribution in [3.05, 3.63) is 76.0 Å². The van der Waals surface area contributed by atoms with E-state index in [0.29, 0.717) is 22.2 Å². The standard InChI is InChI=1S/C24H22ClN3O3S/c1-24(2,30)20-6-5-19(32-20)15-9-16-10-17(31-23(16)18(25)11-15)13-28-22(29)8-4-14-3-7-21(26)27-12-14/h3-12,30H,13H2,1-2H3,(H2,26,27)(H,28,29). The van der Waals surface area contributed by atoms with Gasteiger partial charge in [-0.05, 0) is 73.5 Å². The van der Waals surface area contributed by atoms with Crippen molar-refractivity contribution in [3.8, 4) is 10.4 Å². The van der Waals surface area contributed by atoms with E-state index in [1.54, 1.807) is 38.3 Å². The maximum absolute atomic E-state index is 12.1. The van der Waals surface area contributed by atoms with Crippen LogP contribution in [0.3, 0.4) is 0 Å². The van der Waals surface area contributed by atoms with Crippen LogP contribution in [0.15, 0.2) is 59.2 Å². The molecule has 0 radical (unpaired) electrons. The molecule has 1 aromatic carbocycles. The average molecular weight is 468 g/mol. The number of carbonyl (C=O) groups excluding carboxylic acids is 1. The summed E-state index contributed by atoms with van der Waals surface area (Å²) < 4.78 is 5.84. The molecule has 3 aromatic heterocycles. The number of carbonyl (C=O) groups is 1. The van der Waals surface area contributed by atoms with Crippen molar-refractivity contribution in [3.63, 3.8) is 0 Å². The summed E-state index contributed by atoms with van der Waals surface area (Å²) in [4.78, 5) is 18.0. The van der Waals surface area contributed by atoms with Gasteiger partial charge in [0.15, 0.2) is 5.58 Å².